The number of hydrogen-bond donors (Lipinski definition) is 0. The van der Waals surface area contributed by atoms with Crippen LogP contribution in [0.15, 0.2) is 48.6 Å². The molecule has 1 aliphatic rings. The Morgan fingerprint density at radius 3 is 1.22 bits per heavy atom. The number of nitrogens with zero attached hydrogens (tertiary/aromatic N) is 2. The van der Waals surface area contributed by atoms with Crippen LogP contribution in [0.2, 0.25) is 0 Å². The van der Waals surface area contributed by atoms with E-state index in [0.717, 1.165) is 52.2 Å². The topological polar surface area (TPSA) is 24.9 Å². The van der Waals surface area contributed by atoms with Gasteiger partial charge in [0.1, 0.15) is 0 Å². The highest BCUT2D eigenvalue weighted by molar-refractivity contribution is 4.93. The summed E-state index contributed by atoms with van der Waals surface area (Å²) in [5.74, 6) is 0. The van der Waals surface area contributed by atoms with E-state index in [4.69, 9.17) is 9.47 Å². The Labute approximate surface area is 307 Å². The first kappa shape index (κ1) is 45.8. The van der Waals surface area contributed by atoms with E-state index in [0.29, 0.717) is 0 Å². The van der Waals surface area contributed by atoms with Gasteiger partial charge in [0.05, 0.1) is 12.2 Å². The molecule has 0 aliphatic carbocycles. The number of hydrogen-bond acceptors (Lipinski definition) is 4. The molecular formula is C45H84N2O2. The molecule has 4 heteroatoms. The summed E-state index contributed by atoms with van der Waals surface area (Å²) in [6, 6.07) is 0. The Bertz CT molecular complexity index is 731. The number of allylic oxidation sites excluding steroid dienone is 8. The third-order valence-electron chi connectivity index (χ3n) is 9.72. The average molecular weight is 685 g/mol. The summed E-state index contributed by atoms with van der Waals surface area (Å²) in [5.41, 5.74) is 0. The highest BCUT2D eigenvalue weighted by atomic mass is 16.5. The first-order valence-corrected chi connectivity index (χ1v) is 21.4. The minimum atomic E-state index is 0.238. The molecule has 49 heavy (non-hydrogen) atoms. The lowest BCUT2D eigenvalue weighted by Crippen LogP contribution is -2.30. The van der Waals surface area contributed by atoms with Crippen molar-refractivity contribution in [1.29, 1.82) is 0 Å². The van der Waals surface area contributed by atoms with Crippen molar-refractivity contribution in [2.24, 2.45) is 0 Å². The van der Waals surface area contributed by atoms with E-state index in [9.17, 15) is 0 Å². The zero-order valence-electron chi connectivity index (χ0n) is 33.4. The molecule has 0 bridgehead atoms. The lowest BCUT2D eigenvalue weighted by molar-refractivity contribution is -0.0481. The fourth-order valence-corrected chi connectivity index (χ4v) is 6.58. The summed E-state index contributed by atoms with van der Waals surface area (Å²) in [7, 11) is 4.34. The molecule has 286 valence electrons. The smallest absolute Gasteiger partial charge is 0.0975 e. The molecule has 2 atom stereocenters. The molecule has 0 aromatic rings. The van der Waals surface area contributed by atoms with Crippen molar-refractivity contribution in [1.82, 2.24) is 9.80 Å². The Hall–Kier alpha value is -1.20. The zero-order chi connectivity index (χ0) is 35.3. The predicted octanol–water partition coefficient (Wildman–Crippen LogP) is 12.7. The minimum absolute atomic E-state index is 0.238. The van der Waals surface area contributed by atoms with Crippen molar-refractivity contribution in [3.8, 4) is 0 Å². The van der Waals surface area contributed by atoms with Gasteiger partial charge in [0.25, 0.3) is 0 Å². The van der Waals surface area contributed by atoms with Crippen LogP contribution in [0.5, 0.6) is 0 Å². The lowest BCUT2D eigenvalue weighted by atomic mass is 10.1. The highest BCUT2D eigenvalue weighted by Crippen LogP contribution is 2.19. The van der Waals surface area contributed by atoms with Gasteiger partial charge >= 0.3 is 0 Å². The van der Waals surface area contributed by atoms with Crippen molar-refractivity contribution < 1.29 is 9.47 Å². The van der Waals surface area contributed by atoms with E-state index in [1.54, 1.807) is 0 Å². The van der Waals surface area contributed by atoms with Crippen molar-refractivity contribution in [3.63, 3.8) is 0 Å². The molecule has 0 spiro atoms. The van der Waals surface area contributed by atoms with Crippen LogP contribution in [0.25, 0.3) is 0 Å². The summed E-state index contributed by atoms with van der Waals surface area (Å²) in [4.78, 5) is 4.87. The van der Waals surface area contributed by atoms with Crippen LogP contribution < -0.4 is 0 Å². The van der Waals surface area contributed by atoms with Gasteiger partial charge in [0.2, 0.25) is 0 Å². The largest absolute Gasteiger partial charge is 0.374 e. The van der Waals surface area contributed by atoms with Crippen LogP contribution in [0.3, 0.4) is 0 Å². The van der Waals surface area contributed by atoms with Gasteiger partial charge in [-0.2, -0.15) is 0 Å². The molecule has 1 heterocycles. The second-order valence-electron chi connectivity index (χ2n) is 14.9. The van der Waals surface area contributed by atoms with E-state index in [1.165, 1.54) is 148 Å². The summed E-state index contributed by atoms with van der Waals surface area (Å²) in [6.07, 6.45) is 51.4. The quantitative estimate of drug-likeness (QED) is 0.0484. The number of ether oxygens (including phenoxy) is 2. The first-order chi connectivity index (χ1) is 24.2. The molecule has 0 aromatic heterocycles. The first-order valence-electron chi connectivity index (χ1n) is 21.4. The Kier molecular flexibility index (Phi) is 34.2. The Balaban J connectivity index is 2.11. The molecular weight excluding hydrogens is 601 g/mol. The van der Waals surface area contributed by atoms with E-state index in [-0.39, 0.29) is 12.2 Å². The van der Waals surface area contributed by atoms with Gasteiger partial charge in [-0.3, -0.25) is 4.90 Å². The lowest BCUT2D eigenvalue weighted by Gasteiger charge is -2.20. The highest BCUT2D eigenvalue weighted by Gasteiger charge is 2.33. The second kappa shape index (κ2) is 36.6. The van der Waals surface area contributed by atoms with Crippen molar-refractivity contribution in [2.45, 2.75) is 187 Å². The number of likely N-dealkylation sites (tertiary alicyclic amines) is 1. The second-order valence-corrected chi connectivity index (χ2v) is 14.9. The molecule has 1 fully saturated rings. The fourth-order valence-electron chi connectivity index (χ4n) is 6.58. The normalized spacial score (nSPS) is 17.5. The van der Waals surface area contributed by atoms with Gasteiger partial charge in [0.15, 0.2) is 0 Å². The summed E-state index contributed by atoms with van der Waals surface area (Å²) in [6.45, 7) is 10.7. The van der Waals surface area contributed by atoms with Crippen LogP contribution >= 0.6 is 0 Å². The predicted molar refractivity (Wildman–Crippen MR) is 218 cm³/mol. The van der Waals surface area contributed by atoms with Gasteiger partial charge in [0, 0.05) is 26.3 Å². The van der Waals surface area contributed by atoms with Crippen LogP contribution in [-0.2, 0) is 9.47 Å². The maximum atomic E-state index is 6.48. The third kappa shape index (κ3) is 31.3. The van der Waals surface area contributed by atoms with Crippen LogP contribution in [0.1, 0.15) is 174 Å². The monoisotopic (exact) mass is 685 g/mol. The van der Waals surface area contributed by atoms with Crippen molar-refractivity contribution in [3.05, 3.63) is 48.6 Å². The molecule has 0 saturated carbocycles. The number of unbranched alkanes of at least 4 members (excludes halogenated alkanes) is 18. The molecule has 0 amide bonds. The zero-order valence-corrected chi connectivity index (χ0v) is 33.4. The van der Waals surface area contributed by atoms with E-state index in [1.807, 2.05) is 0 Å². The van der Waals surface area contributed by atoms with E-state index in [2.05, 4.69) is 86.4 Å². The Morgan fingerprint density at radius 1 is 0.469 bits per heavy atom. The fraction of sp³-hybridized carbons (Fsp3) is 0.822. The molecule has 0 N–H and O–H groups in total. The van der Waals surface area contributed by atoms with Gasteiger partial charge in [-0.25, -0.2) is 0 Å². The minimum Gasteiger partial charge on any atom is -0.374 e. The van der Waals surface area contributed by atoms with E-state index < -0.39 is 0 Å². The van der Waals surface area contributed by atoms with Crippen molar-refractivity contribution >= 4 is 0 Å². The molecule has 0 radical (unpaired) electrons. The molecule has 0 aromatic carbocycles. The van der Waals surface area contributed by atoms with Crippen LogP contribution in [-0.4, -0.2) is 75.5 Å². The third-order valence-corrected chi connectivity index (χ3v) is 9.72. The van der Waals surface area contributed by atoms with Crippen molar-refractivity contribution in [2.75, 3.05) is 53.5 Å². The average Bonchev–Trinajstić information content (AvgIpc) is 3.48. The van der Waals surface area contributed by atoms with Gasteiger partial charge in [-0.1, -0.05) is 140 Å². The summed E-state index contributed by atoms with van der Waals surface area (Å²) in [5, 5.41) is 0. The van der Waals surface area contributed by atoms with Gasteiger partial charge in [-0.15, -0.1) is 0 Å². The Morgan fingerprint density at radius 2 is 0.837 bits per heavy atom. The number of rotatable bonds is 36. The molecule has 1 saturated heterocycles. The molecule has 1 rings (SSSR count). The van der Waals surface area contributed by atoms with Gasteiger partial charge in [-0.05, 0) is 111 Å². The van der Waals surface area contributed by atoms with Crippen LogP contribution in [0, 0.1) is 0 Å². The van der Waals surface area contributed by atoms with Gasteiger partial charge < -0.3 is 14.4 Å². The molecule has 1 unspecified atom stereocenters. The SMILES string of the molecule is CCCCCC=CCC=CCCCCCCCCOC1CN(CCCN(C)C)C[C@H]1OCCCCCCCCC=CCC=CCCCCC. The standard InChI is InChI=1S/C45H84N2O2/c1-5-7-9-11-13-15-17-19-21-23-25-27-29-31-33-35-40-48-44-42-47(39-37-38-46(3)4)43-45(44)49-41-36-34-32-30-28-26-24-22-20-18-16-14-12-10-8-6-2/h13-16,19-22,44-45H,5-12,17-18,23-43H2,1-4H3/t44-,45?/m1/s1. The summed E-state index contributed by atoms with van der Waals surface area (Å²) < 4.78 is 13.0. The molecule has 1 aliphatic heterocycles. The van der Waals surface area contributed by atoms with Crippen LogP contribution in [0.4, 0.5) is 0 Å². The van der Waals surface area contributed by atoms with E-state index >= 15 is 0 Å². The molecule has 4 nitrogen and oxygen atoms in total. The maximum absolute atomic E-state index is 6.48. The summed E-state index contributed by atoms with van der Waals surface area (Å²) >= 11 is 0. The maximum Gasteiger partial charge on any atom is 0.0975 e.